The van der Waals surface area contributed by atoms with Gasteiger partial charge in [-0.15, -0.1) is 0 Å². The van der Waals surface area contributed by atoms with Crippen molar-refractivity contribution >= 4 is 5.97 Å². The molecule has 0 aromatic heterocycles. The molecule has 10 heteroatoms. The monoisotopic (exact) mass is 533 g/mol. The molecule has 2 atom stereocenters. The topological polar surface area (TPSA) is 86.2 Å². The lowest BCUT2D eigenvalue weighted by atomic mass is 9.88. The molecule has 0 saturated carbocycles. The Hall–Kier alpha value is -3.76. The second-order valence-corrected chi connectivity index (χ2v) is 8.36. The SMILES string of the molecule is COc1ccc(C(CCNC[C@H](O)C(OC(=O)C(F)(F)F)Oc2ccccc2)c2ccc(OC)cc2)cc1. The van der Waals surface area contributed by atoms with Crippen molar-refractivity contribution in [2.24, 2.45) is 0 Å². The van der Waals surface area contributed by atoms with E-state index in [-0.39, 0.29) is 18.2 Å². The fourth-order valence-electron chi connectivity index (χ4n) is 3.78. The van der Waals surface area contributed by atoms with E-state index in [2.05, 4.69) is 10.1 Å². The van der Waals surface area contributed by atoms with E-state index >= 15 is 0 Å². The molecule has 0 spiro atoms. The third kappa shape index (κ3) is 8.39. The minimum absolute atomic E-state index is 0.0316. The number of esters is 1. The van der Waals surface area contributed by atoms with Crippen molar-refractivity contribution < 1.29 is 42.0 Å². The van der Waals surface area contributed by atoms with Gasteiger partial charge < -0.3 is 29.4 Å². The molecule has 1 unspecified atom stereocenters. The van der Waals surface area contributed by atoms with Gasteiger partial charge in [-0.2, -0.15) is 13.2 Å². The number of methoxy groups -OCH3 is 2. The van der Waals surface area contributed by atoms with Gasteiger partial charge in [0.15, 0.2) is 0 Å². The van der Waals surface area contributed by atoms with Gasteiger partial charge in [-0.25, -0.2) is 4.79 Å². The number of aliphatic hydroxyl groups excluding tert-OH is 1. The maximum atomic E-state index is 12.8. The van der Waals surface area contributed by atoms with Gasteiger partial charge in [0.1, 0.15) is 23.4 Å². The number of nitrogens with one attached hydrogen (secondary N) is 1. The van der Waals surface area contributed by atoms with E-state index in [1.165, 1.54) is 12.1 Å². The van der Waals surface area contributed by atoms with Crippen molar-refractivity contribution in [3.8, 4) is 17.2 Å². The van der Waals surface area contributed by atoms with Gasteiger partial charge in [-0.1, -0.05) is 42.5 Å². The number of hydrogen-bond donors (Lipinski definition) is 2. The van der Waals surface area contributed by atoms with Crippen molar-refractivity contribution in [1.29, 1.82) is 0 Å². The summed E-state index contributed by atoms with van der Waals surface area (Å²) in [4.78, 5) is 11.4. The van der Waals surface area contributed by atoms with Gasteiger partial charge in [0.05, 0.1) is 14.2 Å². The molecule has 3 rings (SSSR count). The Balaban J connectivity index is 1.66. The van der Waals surface area contributed by atoms with Gasteiger partial charge in [0, 0.05) is 12.5 Å². The Bertz CT molecular complexity index is 1080. The molecule has 2 N–H and O–H groups in total. The van der Waals surface area contributed by atoms with Gasteiger partial charge in [0.2, 0.25) is 0 Å². The van der Waals surface area contributed by atoms with E-state index < -0.39 is 24.5 Å². The summed E-state index contributed by atoms with van der Waals surface area (Å²) in [5, 5.41) is 13.6. The molecule has 204 valence electrons. The summed E-state index contributed by atoms with van der Waals surface area (Å²) < 4.78 is 58.6. The van der Waals surface area contributed by atoms with E-state index in [1.54, 1.807) is 32.4 Å². The van der Waals surface area contributed by atoms with Crippen molar-refractivity contribution in [3.63, 3.8) is 0 Å². The molecule has 3 aromatic rings. The Kier molecular flexibility index (Phi) is 10.4. The summed E-state index contributed by atoms with van der Waals surface area (Å²) in [7, 11) is 3.18. The van der Waals surface area contributed by atoms with E-state index in [0.29, 0.717) is 13.0 Å². The van der Waals surface area contributed by atoms with Crippen LogP contribution in [0.3, 0.4) is 0 Å². The van der Waals surface area contributed by atoms with Gasteiger partial charge in [0.25, 0.3) is 6.29 Å². The van der Waals surface area contributed by atoms with E-state index in [4.69, 9.17) is 14.2 Å². The van der Waals surface area contributed by atoms with E-state index in [0.717, 1.165) is 22.6 Å². The Morgan fingerprint density at radius 1 is 0.842 bits per heavy atom. The number of para-hydroxylation sites is 1. The van der Waals surface area contributed by atoms with Crippen LogP contribution in [0.4, 0.5) is 13.2 Å². The molecule has 0 bridgehead atoms. The quantitative estimate of drug-likeness (QED) is 0.187. The Morgan fingerprint density at radius 2 is 1.37 bits per heavy atom. The number of benzene rings is 3. The lowest BCUT2D eigenvalue weighted by Gasteiger charge is -2.25. The maximum Gasteiger partial charge on any atom is 0.491 e. The first-order valence-corrected chi connectivity index (χ1v) is 11.9. The van der Waals surface area contributed by atoms with Crippen LogP contribution in [0.25, 0.3) is 0 Å². The van der Waals surface area contributed by atoms with Crippen LogP contribution in [0.5, 0.6) is 17.2 Å². The molecule has 0 saturated heterocycles. The number of rotatable bonds is 13. The summed E-state index contributed by atoms with van der Waals surface area (Å²) in [5.74, 6) is -0.888. The molecule has 0 amide bonds. The van der Waals surface area contributed by atoms with Crippen LogP contribution in [0.15, 0.2) is 78.9 Å². The Labute approximate surface area is 219 Å². The van der Waals surface area contributed by atoms with E-state index in [1.807, 2.05) is 48.5 Å². The molecule has 7 nitrogen and oxygen atoms in total. The Morgan fingerprint density at radius 3 is 1.84 bits per heavy atom. The highest BCUT2D eigenvalue weighted by Gasteiger charge is 2.44. The summed E-state index contributed by atoms with van der Waals surface area (Å²) in [6, 6.07) is 23.1. The number of ether oxygens (including phenoxy) is 4. The number of aliphatic hydroxyl groups is 1. The normalized spacial score (nSPS) is 13.0. The van der Waals surface area contributed by atoms with Crippen molar-refractivity contribution in [2.75, 3.05) is 27.3 Å². The zero-order valence-corrected chi connectivity index (χ0v) is 21.0. The van der Waals surface area contributed by atoms with Crippen LogP contribution in [0, 0.1) is 0 Å². The van der Waals surface area contributed by atoms with Gasteiger partial charge in [-0.3, -0.25) is 0 Å². The number of carbonyl (C=O) groups excluding carboxylic acids is 1. The van der Waals surface area contributed by atoms with Gasteiger partial charge >= 0.3 is 12.1 Å². The first-order valence-electron chi connectivity index (χ1n) is 11.9. The third-order valence-electron chi connectivity index (χ3n) is 5.76. The fraction of sp³-hybridized carbons (Fsp3) is 0.321. The van der Waals surface area contributed by atoms with Gasteiger partial charge in [-0.05, 0) is 60.5 Å². The average Bonchev–Trinajstić information content (AvgIpc) is 2.93. The highest BCUT2D eigenvalue weighted by molar-refractivity contribution is 5.75. The van der Waals surface area contributed by atoms with Crippen LogP contribution in [0.2, 0.25) is 0 Å². The summed E-state index contributed by atoms with van der Waals surface area (Å²) in [6.45, 7) is 0.214. The number of carbonyl (C=O) groups is 1. The molecular weight excluding hydrogens is 503 g/mol. The van der Waals surface area contributed by atoms with Crippen molar-refractivity contribution in [3.05, 3.63) is 90.0 Å². The predicted octanol–water partition coefficient (Wildman–Crippen LogP) is 4.69. The van der Waals surface area contributed by atoms with Crippen LogP contribution in [-0.4, -0.2) is 57.0 Å². The summed E-state index contributed by atoms with van der Waals surface area (Å²) in [6.07, 6.45) is -8.06. The molecule has 0 aliphatic rings. The molecule has 0 fully saturated rings. The number of alkyl halides is 3. The molecule has 0 aliphatic heterocycles. The third-order valence-corrected chi connectivity index (χ3v) is 5.76. The minimum atomic E-state index is -5.23. The summed E-state index contributed by atoms with van der Waals surface area (Å²) >= 11 is 0. The number of halogens is 3. The highest BCUT2D eigenvalue weighted by Crippen LogP contribution is 2.30. The van der Waals surface area contributed by atoms with Crippen LogP contribution in [-0.2, 0) is 9.53 Å². The second kappa shape index (κ2) is 13.7. The average molecular weight is 534 g/mol. The van der Waals surface area contributed by atoms with Crippen LogP contribution < -0.4 is 19.5 Å². The zero-order chi connectivity index (χ0) is 27.5. The van der Waals surface area contributed by atoms with Crippen molar-refractivity contribution in [1.82, 2.24) is 5.32 Å². The van der Waals surface area contributed by atoms with Crippen molar-refractivity contribution in [2.45, 2.75) is 30.9 Å². The standard InChI is InChI=1S/C28H30F3NO6/c1-35-21-12-8-19(9-13-21)24(20-10-14-22(36-2)15-11-20)16-17-32-18-25(33)26(38-27(34)28(29,30)31)37-23-6-4-3-5-7-23/h3-15,24-26,32-33H,16-18H2,1-2H3/t25-,26?/m0/s1. The molecular formula is C28H30F3NO6. The minimum Gasteiger partial charge on any atom is -0.497 e. The first kappa shape index (κ1) is 28.8. The molecule has 0 heterocycles. The second-order valence-electron chi connectivity index (χ2n) is 8.36. The molecule has 3 aromatic carbocycles. The van der Waals surface area contributed by atoms with Crippen LogP contribution >= 0.6 is 0 Å². The predicted molar refractivity (Wildman–Crippen MR) is 134 cm³/mol. The lowest BCUT2D eigenvalue weighted by molar-refractivity contribution is -0.225. The molecule has 0 radical (unpaired) electrons. The zero-order valence-electron chi connectivity index (χ0n) is 21.0. The van der Waals surface area contributed by atoms with Crippen LogP contribution in [0.1, 0.15) is 23.5 Å². The summed E-state index contributed by atoms with van der Waals surface area (Å²) in [5.41, 5.74) is 2.06. The molecule has 38 heavy (non-hydrogen) atoms. The maximum absolute atomic E-state index is 12.8. The first-order chi connectivity index (χ1) is 18.2. The largest absolute Gasteiger partial charge is 0.497 e. The lowest BCUT2D eigenvalue weighted by Crippen LogP contribution is -2.45. The fourth-order valence-corrected chi connectivity index (χ4v) is 3.78. The number of hydrogen-bond acceptors (Lipinski definition) is 7. The van der Waals surface area contributed by atoms with E-state index in [9.17, 15) is 23.1 Å². The highest BCUT2D eigenvalue weighted by atomic mass is 19.4. The molecule has 0 aliphatic carbocycles. The smallest absolute Gasteiger partial charge is 0.491 e.